The molecule has 1 heterocycles. The van der Waals surface area contributed by atoms with E-state index in [1.54, 1.807) is 0 Å². The van der Waals surface area contributed by atoms with Gasteiger partial charge in [-0.25, -0.2) is 0 Å². The van der Waals surface area contributed by atoms with Crippen molar-refractivity contribution in [2.24, 2.45) is 11.8 Å². The van der Waals surface area contributed by atoms with E-state index in [0.29, 0.717) is 0 Å². The third kappa shape index (κ3) is 2.82. The van der Waals surface area contributed by atoms with E-state index in [-0.39, 0.29) is 0 Å². The SMILES string of the molecule is CC(C)C(C)CN1CCCC1. The molecule has 0 radical (unpaired) electrons. The summed E-state index contributed by atoms with van der Waals surface area (Å²) in [5.41, 5.74) is 0. The van der Waals surface area contributed by atoms with Crippen molar-refractivity contribution in [3.8, 4) is 0 Å². The van der Waals surface area contributed by atoms with Gasteiger partial charge in [-0.2, -0.15) is 0 Å². The van der Waals surface area contributed by atoms with E-state index in [0.717, 1.165) is 11.8 Å². The van der Waals surface area contributed by atoms with Gasteiger partial charge in [-0.15, -0.1) is 0 Å². The average Bonchev–Trinajstić information content (AvgIpc) is 2.39. The molecule has 0 aliphatic carbocycles. The van der Waals surface area contributed by atoms with Crippen LogP contribution in [0.25, 0.3) is 0 Å². The molecule has 1 rings (SSSR count). The van der Waals surface area contributed by atoms with E-state index in [4.69, 9.17) is 0 Å². The molecule has 1 aliphatic rings. The second kappa shape index (κ2) is 4.10. The predicted molar refractivity (Wildman–Crippen MR) is 49.7 cm³/mol. The molecule has 1 heteroatoms. The Kier molecular flexibility index (Phi) is 3.38. The van der Waals surface area contributed by atoms with Gasteiger partial charge < -0.3 is 4.90 Å². The van der Waals surface area contributed by atoms with Crippen LogP contribution >= 0.6 is 0 Å². The predicted octanol–water partition coefficient (Wildman–Crippen LogP) is 2.37. The monoisotopic (exact) mass is 155 g/mol. The summed E-state index contributed by atoms with van der Waals surface area (Å²) in [6.45, 7) is 11.0. The Morgan fingerprint density at radius 1 is 1.09 bits per heavy atom. The molecule has 1 atom stereocenters. The molecule has 0 aromatic rings. The summed E-state index contributed by atoms with van der Waals surface area (Å²) < 4.78 is 0. The van der Waals surface area contributed by atoms with Crippen molar-refractivity contribution in [2.45, 2.75) is 33.6 Å². The first-order chi connectivity index (χ1) is 5.20. The van der Waals surface area contributed by atoms with E-state index >= 15 is 0 Å². The Hall–Kier alpha value is -0.0400. The summed E-state index contributed by atoms with van der Waals surface area (Å²) >= 11 is 0. The maximum absolute atomic E-state index is 2.60. The molecule has 0 bridgehead atoms. The third-order valence-corrected chi connectivity index (χ3v) is 2.88. The molecular formula is C10H21N. The van der Waals surface area contributed by atoms with Crippen molar-refractivity contribution in [1.29, 1.82) is 0 Å². The average molecular weight is 155 g/mol. The lowest BCUT2D eigenvalue weighted by Crippen LogP contribution is -2.27. The van der Waals surface area contributed by atoms with E-state index in [1.807, 2.05) is 0 Å². The zero-order valence-electron chi connectivity index (χ0n) is 8.14. The van der Waals surface area contributed by atoms with Crippen LogP contribution in [0.1, 0.15) is 33.6 Å². The lowest BCUT2D eigenvalue weighted by Gasteiger charge is -2.22. The first kappa shape index (κ1) is 9.05. The molecule has 66 valence electrons. The van der Waals surface area contributed by atoms with E-state index in [9.17, 15) is 0 Å². The molecule has 0 N–H and O–H groups in total. The van der Waals surface area contributed by atoms with Crippen molar-refractivity contribution in [1.82, 2.24) is 4.90 Å². The molecule has 1 saturated heterocycles. The summed E-state index contributed by atoms with van der Waals surface area (Å²) in [7, 11) is 0. The number of likely N-dealkylation sites (tertiary alicyclic amines) is 1. The van der Waals surface area contributed by atoms with Crippen molar-refractivity contribution < 1.29 is 0 Å². The molecule has 0 aromatic heterocycles. The highest BCUT2D eigenvalue weighted by Crippen LogP contribution is 2.15. The van der Waals surface area contributed by atoms with Gasteiger partial charge in [0.2, 0.25) is 0 Å². The van der Waals surface area contributed by atoms with Crippen molar-refractivity contribution in [3.63, 3.8) is 0 Å². The van der Waals surface area contributed by atoms with E-state index in [2.05, 4.69) is 25.7 Å². The first-order valence-electron chi connectivity index (χ1n) is 4.92. The highest BCUT2D eigenvalue weighted by Gasteiger charge is 2.15. The Labute approximate surface area is 70.8 Å². The van der Waals surface area contributed by atoms with Gasteiger partial charge in [-0.05, 0) is 37.8 Å². The second-order valence-corrected chi connectivity index (χ2v) is 4.23. The van der Waals surface area contributed by atoms with Crippen molar-refractivity contribution in [3.05, 3.63) is 0 Å². The molecule has 1 unspecified atom stereocenters. The van der Waals surface area contributed by atoms with Gasteiger partial charge in [0.05, 0.1) is 0 Å². The Morgan fingerprint density at radius 2 is 1.64 bits per heavy atom. The molecule has 0 aromatic carbocycles. The summed E-state index contributed by atoms with van der Waals surface area (Å²) in [6, 6.07) is 0. The smallest absolute Gasteiger partial charge is 0.000946 e. The van der Waals surface area contributed by atoms with Crippen LogP contribution in [-0.4, -0.2) is 24.5 Å². The van der Waals surface area contributed by atoms with Crippen molar-refractivity contribution >= 4 is 0 Å². The Balaban J connectivity index is 2.18. The van der Waals surface area contributed by atoms with Crippen LogP contribution < -0.4 is 0 Å². The van der Waals surface area contributed by atoms with Gasteiger partial charge in [-0.1, -0.05) is 20.8 Å². The third-order valence-electron chi connectivity index (χ3n) is 2.88. The number of hydrogen-bond donors (Lipinski definition) is 0. The van der Waals surface area contributed by atoms with Gasteiger partial charge in [0, 0.05) is 6.54 Å². The van der Waals surface area contributed by atoms with E-state index < -0.39 is 0 Å². The number of hydrogen-bond acceptors (Lipinski definition) is 1. The van der Waals surface area contributed by atoms with Gasteiger partial charge >= 0.3 is 0 Å². The fourth-order valence-corrected chi connectivity index (χ4v) is 1.58. The fourth-order valence-electron chi connectivity index (χ4n) is 1.58. The standard InChI is InChI=1S/C10H21N/c1-9(2)10(3)8-11-6-4-5-7-11/h9-10H,4-8H2,1-3H3. The summed E-state index contributed by atoms with van der Waals surface area (Å²) in [6.07, 6.45) is 2.84. The normalized spacial score (nSPS) is 22.9. The number of rotatable bonds is 3. The van der Waals surface area contributed by atoms with E-state index in [1.165, 1.54) is 32.5 Å². The summed E-state index contributed by atoms with van der Waals surface area (Å²) in [4.78, 5) is 2.60. The quantitative estimate of drug-likeness (QED) is 0.605. The maximum Gasteiger partial charge on any atom is 0.000946 e. The minimum absolute atomic E-state index is 0.843. The highest BCUT2D eigenvalue weighted by molar-refractivity contribution is 4.69. The zero-order chi connectivity index (χ0) is 8.27. The van der Waals surface area contributed by atoms with Crippen LogP contribution in [0.15, 0.2) is 0 Å². The Morgan fingerprint density at radius 3 is 2.09 bits per heavy atom. The molecule has 0 saturated carbocycles. The van der Waals surface area contributed by atoms with Crippen LogP contribution in [0.2, 0.25) is 0 Å². The minimum Gasteiger partial charge on any atom is -0.303 e. The molecule has 1 fully saturated rings. The van der Waals surface area contributed by atoms with Crippen LogP contribution in [0.4, 0.5) is 0 Å². The lowest BCUT2D eigenvalue weighted by atomic mass is 9.98. The second-order valence-electron chi connectivity index (χ2n) is 4.23. The number of nitrogens with zero attached hydrogens (tertiary/aromatic N) is 1. The molecular weight excluding hydrogens is 134 g/mol. The lowest BCUT2D eigenvalue weighted by molar-refractivity contribution is 0.250. The summed E-state index contributed by atoms with van der Waals surface area (Å²) in [5.74, 6) is 1.71. The van der Waals surface area contributed by atoms with Gasteiger partial charge in [0.15, 0.2) is 0 Å². The van der Waals surface area contributed by atoms with Crippen LogP contribution in [-0.2, 0) is 0 Å². The maximum atomic E-state index is 2.60. The molecule has 0 spiro atoms. The molecule has 11 heavy (non-hydrogen) atoms. The van der Waals surface area contributed by atoms with Crippen LogP contribution in [0.3, 0.4) is 0 Å². The highest BCUT2D eigenvalue weighted by atomic mass is 15.1. The van der Waals surface area contributed by atoms with Crippen LogP contribution in [0, 0.1) is 11.8 Å². The minimum atomic E-state index is 0.843. The van der Waals surface area contributed by atoms with Gasteiger partial charge in [0.25, 0.3) is 0 Å². The largest absolute Gasteiger partial charge is 0.303 e. The van der Waals surface area contributed by atoms with Crippen LogP contribution in [0.5, 0.6) is 0 Å². The zero-order valence-corrected chi connectivity index (χ0v) is 8.14. The summed E-state index contributed by atoms with van der Waals surface area (Å²) in [5, 5.41) is 0. The van der Waals surface area contributed by atoms with Gasteiger partial charge in [0.1, 0.15) is 0 Å². The van der Waals surface area contributed by atoms with Gasteiger partial charge in [-0.3, -0.25) is 0 Å². The molecule has 0 amide bonds. The Bertz CT molecular complexity index is 103. The first-order valence-corrected chi connectivity index (χ1v) is 4.92. The van der Waals surface area contributed by atoms with Crippen molar-refractivity contribution in [2.75, 3.05) is 19.6 Å². The fraction of sp³-hybridized carbons (Fsp3) is 1.00. The topological polar surface area (TPSA) is 3.24 Å². The molecule has 1 aliphatic heterocycles. The molecule has 1 nitrogen and oxygen atoms in total.